The molecular formula is C13H22NO3P. The summed E-state index contributed by atoms with van der Waals surface area (Å²) in [4.78, 5) is 0. The van der Waals surface area contributed by atoms with E-state index in [9.17, 15) is 4.57 Å². The number of nitrogen functional groups attached to an aromatic ring is 1. The van der Waals surface area contributed by atoms with Crippen LogP contribution >= 0.6 is 7.60 Å². The van der Waals surface area contributed by atoms with Gasteiger partial charge in [0.2, 0.25) is 0 Å². The Morgan fingerprint density at radius 2 is 1.72 bits per heavy atom. The molecule has 18 heavy (non-hydrogen) atoms. The second-order valence-electron chi connectivity index (χ2n) is 4.35. The molecule has 1 aromatic carbocycles. The molecule has 1 aromatic rings. The lowest BCUT2D eigenvalue weighted by Crippen LogP contribution is -2.13. The zero-order chi connectivity index (χ0) is 13.8. The fourth-order valence-corrected chi connectivity index (χ4v) is 3.34. The van der Waals surface area contributed by atoms with Crippen LogP contribution in [0.25, 0.3) is 0 Å². The van der Waals surface area contributed by atoms with Gasteiger partial charge in [0.05, 0.1) is 18.5 Å². The first-order valence-corrected chi connectivity index (χ1v) is 7.77. The molecule has 0 spiro atoms. The van der Waals surface area contributed by atoms with Crippen molar-refractivity contribution in [2.45, 2.75) is 33.6 Å². The number of benzene rings is 1. The maximum absolute atomic E-state index is 12.6. The van der Waals surface area contributed by atoms with Crippen LogP contribution in [0, 0.1) is 0 Å². The Morgan fingerprint density at radius 3 is 2.17 bits per heavy atom. The lowest BCUT2D eigenvalue weighted by atomic mass is 10.0. The van der Waals surface area contributed by atoms with Crippen molar-refractivity contribution in [3.8, 4) is 0 Å². The average Bonchev–Trinajstić information content (AvgIpc) is 2.28. The van der Waals surface area contributed by atoms with Crippen molar-refractivity contribution in [3.05, 3.63) is 23.8 Å². The molecule has 0 bridgehead atoms. The van der Waals surface area contributed by atoms with Crippen LogP contribution in [0.4, 0.5) is 5.69 Å². The molecule has 0 aromatic heterocycles. The summed E-state index contributed by atoms with van der Waals surface area (Å²) in [5.74, 6) is 0.309. The number of anilines is 1. The Kier molecular flexibility index (Phi) is 5.39. The predicted octanol–water partition coefficient (Wildman–Crippen LogP) is 3.28. The van der Waals surface area contributed by atoms with E-state index in [1.807, 2.05) is 12.1 Å². The van der Waals surface area contributed by atoms with Crippen molar-refractivity contribution in [2.75, 3.05) is 18.9 Å². The van der Waals surface area contributed by atoms with Gasteiger partial charge >= 0.3 is 7.60 Å². The molecule has 0 saturated carbocycles. The Bertz CT molecular complexity index is 436. The van der Waals surface area contributed by atoms with Gasteiger partial charge in [0.25, 0.3) is 0 Å². The number of hydrogen-bond acceptors (Lipinski definition) is 4. The summed E-state index contributed by atoms with van der Waals surface area (Å²) in [5.41, 5.74) is 7.47. The van der Waals surface area contributed by atoms with Crippen LogP contribution in [0.2, 0.25) is 0 Å². The summed E-state index contributed by atoms with van der Waals surface area (Å²) in [7, 11) is -3.25. The van der Waals surface area contributed by atoms with E-state index < -0.39 is 7.60 Å². The van der Waals surface area contributed by atoms with Crippen LogP contribution in [0.5, 0.6) is 0 Å². The first-order chi connectivity index (χ1) is 8.42. The van der Waals surface area contributed by atoms with Gasteiger partial charge in [-0.15, -0.1) is 0 Å². The van der Waals surface area contributed by atoms with E-state index in [-0.39, 0.29) is 0 Å². The SMILES string of the molecule is CCOP(=O)(OCC)c1cc(N)cc(C(C)C)c1. The third-order valence-corrected chi connectivity index (χ3v) is 4.63. The third kappa shape index (κ3) is 3.58. The predicted molar refractivity (Wildman–Crippen MR) is 75.4 cm³/mol. The molecule has 2 N–H and O–H groups in total. The van der Waals surface area contributed by atoms with E-state index in [0.29, 0.717) is 30.1 Å². The van der Waals surface area contributed by atoms with Gasteiger partial charge in [0.15, 0.2) is 0 Å². The molecule has 4 nitrogen and oxygen atoms in total. The van der Waals surface area contributed by atoms with Crippen molar-refractivity contribution >= 4 is 18.6 Å². The molecule has 0 aliphatic carbocycles. The van der Waals surface area contributed by atoms with E-state index >= 15 is 0 Å². The molecule has 0 saturated heterocycles. The largest absolute Gasteiger partial charge is 0.399 e. The zero-order valence-corrected chi connectivity index (χ0v) is 12.4. The van der Waals surface area contributed by atoms with Crippen molar-refractivity contribution in [1.29, 1.82) is 0 Å². The fraction of sp³-hybridized carbons (Fsp3) is 0.538. The third-order valence-electron chi connectivity index (χ3n) is 2.54. The van der Waals surface area contributed by atoms with Gasteiger partial charge in [-0.05, 0) is 43.5 Å². The highest BCUT2D eigenvalue weighted by molar-refractivity contribution is 7.62. The minimum atomic E-state index is -3.25. The van der Waals surface area contributed by atoms with Crippen molar-refractivity contribution in [2.24, 2.45) is 0 Å². The van der Waals surface area contributed by atoms with E-state index in [2.05, 4.69) is 13.8 Å². The second kappa shape index (κ2) is 6.37. The average molecular weight is 271 g/mol. The number of hydrogen-bond donors (Lipinski definition) is 1. The van der Waals surface area contributed by atoms with E-state index in [1.165, 1.54) is 0 Å². The first kappa shape index (κ1) is 15.2. The molecule has 5 heteroatoms. The number of rotatable bonds is 6. The van der Waals surface area contributed by atoms with Crippen molar-refractivity contribution < 1.29 is 13.6 Å². The van der Waals surface area contributed by atoms with E-state index in [0.717, 1.165) is 5.56 Å². The highest BCUT2D eigenvalue weighted by Crippen LogP contribution is 2.47. The molecule has 0 unspecified atom stereocenters. The maximum Gasteiger partial charge on any atom is 0.361 e. The van der Waals surface area contributed by atoms with Gasteiger partial charge in [-0.3, -0.25) is 4.57 Å². The molecule has 102 valence electrons. The molecule has 0 aliphatic rings. The van der Waals surface area contributed by atoms with Crippen LogP contribution in [-0.2, 0) is 13.6 Å². The van der Waals surface area contributed by atoms with Crippen molar-refractivity contribution in [3.63, 3.8) is 0 Å². The van der Waals surface area contributed by atoms with Gasteiger partial charge in [-0.2, -0.15) is 0 Å². The van der Waals surface area contributed by atoms with Gasteiger partial charge in [-0.25, -0.2) is 0 Å². The summed E-state index contributed by atoms with van der Waals surface area (Å²) in [6.45, 7) is 8.38. The summed E-state index contributed by atoms with van der Waals surface area (Å²) in [6.07, 6.45) is 0. The van der Waals surface area contributed by atoms with Crippen LogP contribution in [0.3, 0.4) is 0 Å². The number of nitrogens with two attached hydrogens (primary N) is 1. The Morgan fingerprint density at radius 1 is 1.17 bits per heavy atom. The quantitative estimate of drug-likeness (QED) is 0.637. The molecule has 0 amide bonds. The van der Waals surface area contributed by atoms with Crippen LogP contribution in [0.15, 0.2) is 18.2 Å². The van der Waals surface area contributed by atoms with E-state index in [1.54, 1.807) is 19.9 Å². The van der Waals surface area contributed by atoms with E-state index in [4.69, 9.17) is 14.8 Å². The molecule has 0 heterocycles. The molecule has 0 fully saturated rings. The first-order valence-electron chi connectivity index (χ1n) is 6.23. The van der Waals surface area contributed by atoms with Crippen LogP contribution < -0.4 is 11.0 Å². The zero-order valence-electron chi connectivity index (χ0n) is 11.5. The molecule has 0 atom stereocenters. The molecule has 0 radical (unpaired) electrons. The van der Waals surface area contributed by atoms with Gasteiger partial charge in [-0.1, -0.05) is 13.8 Å². The Hall–Kier alpha value is -0.830. The molecule has 0 aliphatic heterocycles. The minimum Gasteiger partial charge on any atom is -0.399 e. The summed E-state index contributed by atoms with van der Waals surface area (Å²) >= 11 is 0. The maximum atomic E-state index is 12.6. The van der Waals surface area contributed by atoms with Gasteiger partial charge in [0, 0.05) is 5.69 Å². The van der Waals surface area contributed by atoms with Gasteiger partial charge in [0.1, 0.15) is 0 Å². The lowest BCUT2D eigenvalue weighted by Gasteiger charge is -2.19. The van der Waals surface area contributed by atoms with Crippen LogP contribution in [-0.4, -0.2) is 13.2 Å². The monoisotopic (exact) mass is 271 g/mol. The van der Waals surface area contributed by atoms with Crippen molar-refractivity contribution in [1.82, 2.24) is 0 Å². The summed E-state index contributed by atoms with van der Waals surface area (Å²) in [5, 5.41) is 0.537. The molecular weight excluding hydrogens is 249 g/mol. The summed E-state index contributed by atoms with van der Waals surface area (Å²) < 4.78 is 23.3. The van der Waals surface area contributed by atoms with Crippen LogP contribution in [0.1, 0.15) is 39.2 Å². The minimum absolute atomic E-state index is 0.309. The fourth-order valence-electron chi connectivity index (χ4n) is 1.68. The second-order valence-corrected chi connectivity index (χ2v) is 6.37. The molecule has 1 rings (SSSR count). The Labute approximate surface area is 109 Å². The topological polar surface area (TPSA) is 61.5 Å². The highest BCUT2D eigenvalue weighted by atomic mass is 31.2. The lowest BCUT2D eigenvalue weighted by molar-refractivity contribution is 0.230. The standard InChI is InChI=1S/C13H22NO3P/c1-5-16-18(15,17-6-2)13-8-11(10(3)4)7-12(14)9-13/h7-10H,5-6,14H2,1-4H3. The Balaban J connectivity index is 3.24. The van der Waals surface area contributed by atoms with Gasteiger partial charge < -0.3 is 14.8 Å². The summed E-state index contributed by atoms with van der Waals surface area (Å²) in [6, 6.07) is 5.40. The highest BCUT2D eigenvalue weighted by Gasteiger charge is 2.27. The normalized spacial score (nSPS) is 12.1. The smallest absolute Gasteiger partial charge is 0.361 e.